The predicted octanol–water partition coefficient (Wildman–Crippen LogP) is 0.433. The quantitative estimate of drug-likeness (QED) is 0.740. The van der Waals surface area contributed by atoms with Crippen molar-refractivity contribution in [1.82, 2.24) is 24.5 Å². The SMILES string of the molecule is CCN(CC)C(=O)N1CCN(CCN2CCN(C)C2=O)CC1. The Bertz CT molecular complexity index is 391. The Morgan fingerprint density at radius 2 is 1.64 bits per heavy atom. The van der Waals surface area contributed by atoms with Crippen LogP contribution in [0.1, 0.15) is 13.8 Å². The summed E-state index contributed by atoms with van der Waals surface area (Å²) in [5.74, 6) is 0. The summed E-state index contributed by atoms with van der Waals surface area (Å²) < 4.78 is 0. The number of hydrogen-bond acceptors (Lipinski definition) is 3. The van der Waals surface area contributed by atoms with Crippen LogP contribution in [0.15, 0.2) is 0 Å². The Morgan fingerprint density at radius 3 is 2.14 bits per heavy atom. The van der Waals surface area contributed by atoms with Gasteiger partial charge in [0.2, 0.25) is 0 Å². The lowest BCUT2D eigenvalue weighted by atomic mass is 10.3. The van der Waals surface area contributed by atoms with Crippen LogP contribution in [-0.4, -0.2) is 109 Å². The van der Waals surface area contributed by atoms with Crippen molar-refractivity contribution < 1.29 is 9.59 Å². The summed E-state index contributed by atoms with van der Waals surface area (Å²) in [7, 11) is 1.85. The molecule has 2 saturated heterocycles. The topological polar surface area (TPSA) is 50.3 Å². The van der Waals surface area contributed by atoms with Crippen molar-refractivity contribution in [3.05, 3.63) is 0 Å². The number of rotatable bonds is 5. The highest BCUT2D eigenvalue weighted by molar-refractivity contribution is 5.76. The molecule has 0 aromatic carbocycles. The highest BCUT2D eigenvalue weighted by Gasteiger charge is 2.27. The van der Waals surface area contributed by atoms with Crippen LogP contribution >= 0.6 is 0 Å². The van der Waals surface area contributed by atoms with Gasteiger partial charge in [0.05, 0.1) is 0 Å². The molecule has 0 saturated carbocycles. The van der Waals surface area contributed by atoms with Crippen molar-refractivity contribution in [3.63, 3.8) is 0 Å². The standard InChI is InChI=1S/C15H29N5O2/c1-4-18(5-2)15(22)20-12-8-17(9-13-20)7-11-19-10-6-16(3)14(19)21/h4-13H2,1-3H3. The molecule has 2 rings (SSSR count). The van der Waals surface area contributed by atoms with E-state index in [9.17, 15) is 9.59 Å². The molecule has 0 aliphatic carbocycles. The van der Waals surface area contributed by atoms with Crippen LogP contribution in [0, 0.1) is 0 Å². The fraction of sp³-hybridized carbons (Fsp3) is 0.867. The molecule has 0 bridgehead atoms. The van der Waals surface area contributed by atoms with Gasteiger partial charge in [0, 0.05) is 72.5 Å². The van der Waals surface area contributed by atoms with E-state index in [0.717, 1.165) is 65.4 Å². The first-order chi connectivity index (χ1) is 10.6. The number of urea groups is 2. The van der Waals surface area contributed by atoms with Crippen LogP contribution in [0.2, 0.25) is 0 Å². The van der Waals surface area contributed by atoms with Gasteiger partial charge in [-0.15, -0.1) is 0 Å². The minimum Gasteiger partial charge on any atom is -0.326 e. The summed E-state index contributed by atoms with van der Waals surface area (Å²) in [6.07, 6.45) is 0. The van der Waals surface area contributed by atoms with Crippen molar-refractivity contribution in [2.24, 2.45) is 0 Å². The van der Waals surface area contributed by atoms with Gasteiger partial charge in [-0.25, -0.2) is 9.59 Å². The fourth-order valence-corrected chi connectivity index (χ4v) is 3.03. The molecule has 2 aliphatic heterocycles. The first-order valence-electron chi connectivity index (χ1n) is 8.33. The van der Waals surface area contributed by atoms with E-state index < -0.39 is 0 Å². The number of carbonyl (C=O) groups is 2. The van der Waals surface area contributed by atoms with Gasteiger partial charge in [0.1, 0.15) is 0 Å². The number of hydrogen-bond donors (Lipinski definition) is 0. The lowest BCUT2D eigenvalue weighted by molar-refractivity contribution is 0.111. The van der Waals surface area contributed by atoms with Gasteiger partial charge in [-0.05, 0) is 13.8 Å². The summed E-state index contributed by atoms with van der Waals surface area (Å²) in [5.41, 5.74) is 0. The van der Waals surface area contributed by atoms with E-state index in [1.54, 1.807) is 4.90 Å². The van der Waals surface area contributed by atoms with Gasteiger partial charge >= 0.3 is 12.1 Å². The van der Waals surface area contributed by atoms with Gasteiger partial charge in [0.25, 0.3) is 0 Å². The average molecular weight is 311 g/mol. The zero-order valence-electron chi connectivity index (χ0n) is 14.1. The van der Waals surface area contributed by atoms with Gasteiger partial charge in [0.15, 0.2) is 0 Å². The smallest absolute Gasteiger partial charge is 0.320 e. The van der Waals surface area contributed by atoms with E-state index in [1.165, 1.54) is 0 Å². The normalized spacial score (nSPS) is 20.0. The van der Waals surface area contributed by atoms with Crippen molar-refractivity contribution >= 4 is 12.1 Å². The summed E-state index contributed by atoms with van der Waals surface area (Å²) in [6, 6.07) is 0.288. The number of amides is 4. The van der Waals surface area contributed by atoms with E-state index in [0.29, 0.717) is 0 Å². The van der Waals surface area contributed by atoms with Crippen LogP contribution < -0.4 is 0 Å². The maximum atomic E-state index is 12.3. The molecular formula is C15H29N5O2. The summed E-state index contributed by atoms with van der Waals surface area (Å²) >= 11 is 0. The van der Waals surface area contributed by atoms with E-state index in [1.807, 2.05) is 35.6 Å². The Kier molecular flexibility index (Phi) is 5.88. The molecule has 0 N–H and O–H groups in total. The molecule has 0 spiro atoms. The van der Waals surface area contributed by atoms with Gasteiger partial charge in [-0.2, -0.15) is 0 Å². The number of carbonyl (C=O) groups excluding carboxylic acids is 2. The molecule has 0 aromatic heterocycles. The van der Waals surface area contributed by atoms with E-state index in [4.69, 9.17) is 0 Å². The van der Waals surface area contributed by atoms with Crippen molar-refractivity contribution in [3.8, 4) is 0 Å². The molecule has 7 nitrogen and oxygen atoms in total. The third kappa shape index (κ3) is 3.82. The molecular weight excluding hydrogens is 282 g/mol. The largest absolute Gasteiger partial charge is 0.326 e. The summed E-state index contributed by atoms with van der Waals surface area (Å²) in [4.78, 5) is 34.0. The van der Waals surface area contributed by atoms with Crippen molar-refractivity contribution in [2.75, 3.05) is 72.5 Å². The predicted molar refractivity (Wildman–Crippen MR) is 85.9 cm³/mol. The first-order valence-corrected chi connectivity index (χ1v) is 8.33. The van der Waals surface area contributed by atoms with Crippen molar-refractivity contribution in [1.29, 1.82) is 0 Å². The number of likely N-dealkylation sites (N-methyl/N-ethyl adjacent to an activating group) is 1. The molecule has 0 aromatic rings. The third-order valence-electron chi connectivity index (χ3n) is 4.67. The maximum absolute atomic E-state index is 12.3. The van der Waals surface area contributed by atoms with E-state index in [-0.39, 0.29) is 12.1 Å². The molecule has 2 aliphatic rings. The lowest BCUT2D eigenvalue weighted by Crippen LogP contribution is -2.53. The van der Waals surface area contributed by atoms with Gasteiger partial charge in [-0.3, -0.25) is 4.90 Å². The van der Waals surface area contributed by atoms with Crippen LogP contribution in [0.3, 0.4) is 0 Å². The van der Waals surface area contributed by atoms with Crippen LogP contribution in [0.5, 0.6) is 0 Å². The molecule has 2 heterocycles. The second-order valence-corrected chi connectivity index (χ2v) is 5.97. The van der Waals surface area contributed by atoms with Gasteiger partial charge in [-0.1, -0.05) is 0 Å². The summed E-state index contributed by atoms with van der Waals surface area (Å²) in [5, 5.41) is 0. The Labute approximate surface area is 133 Å². The average Bonchev–Trinajstić information content (AvgIpc) is 2.86. The first kappa shape index (κ1) is 16.9. The number of nitrogens with zero attached hydrogens (tertiary/aromatic N) is 5. The van der Waals surface area contributed by atoms with Crippen LogP contribution in [-0.2, 0) is 0 Å². The van der Waals surface area contributed by atoms with Crippen molar-refractivity contribution in [2.45, 2.75) is 13.8 Å². The Balaban J connectivity index is 1.71. The minimum absolute atomic E-state index is 0.135. The lowest BCUT2D eigenvalue weighted by Gasteiger charge is -2.37. The van der Waals surface area contributed by atoms with E-state index >= 15 is 0 Å². The second kappa shape index (κ2) is 7.67. The molecule has 126 valence electrons. The molecule has 0 atom stereocenters. The van der Waals surface area contributed by atoms with Crippen LogP contribution in [0.25, 0.3) is 0 Å². The minimum atomic E-state index is 0.135. The molecule has 22 heavy (non-hydrogen) atoms. The Morgan fingerprint density at radius 1 is 1.00 bits per heavy atom. The highest BCUT2D eigenvalue weighted by Crippen LogP contribution is 2.08. The zero-order valence-corrected chi connectivity index (χ0v) is 14.1. The summed E-state index contributed by atoms with van der Waals surface area (Å²) in [6.45, 7) is 12.2. The second-order valence-electron chi connectivity index (χ2n) is 5.97. The number of piperazine rings is 1. The molecule has 4 amide bonds. The zero-order chi connectivity index (χ0) is 16.1. The maximum Gasteiger partial charge on any atom is 0.320 e. The molecule has 0 radical (unpaired) electrons. The van der Waals surface area contributed by atoms with Crippen LogP contribution in [0.4, 0.5) is 9.59 Å². The third-order valence-corrected chi connectivity index (χ3v) is 4.67. The molecule has 7 heteroatoms. The van der Waals surface area contributed by atoms with E-state index in [2.05, 4.69) is 4.90 Å². The van der Waals surface area contributed by atoms with Gasteiger partial charge < -0.3 is 19.6 Å². The highest BCUT2D eigenvalue weighted by atomic mass is 16.2. The molecule has 0 unspecified atom stereocenters. The Hall–Kier alpha value is -1.50. The monoisotopic (exact) mass is 311 g/mol. The fourth-order valence-electron chi connectivity index (χ4n) is 3.03. The molecule has 2 fully saturated rings.